The first-order chi connectivity index (χ1) is 15.3. The van der Waals surface area contributed by atoms with E-state index in [-0.39, 0.29) is 6.54 Å². The molecule has 0 spiro atoms. The number of aromatic nitrogens is 2. The van der Waals surface area contributed by atoms with Crippen LogP contribution in [0.4, 0.5) is 10.5 Å². The molecule has 1 aliphatic rings. The van der Waals surface area contributed by atoms with E-state index in [1.54, 1.807) is 74.5 Å². The summed E-state index contributed by atoms with van der Waals surface area (Å²) in [5.74, 6) is -1.50. The minimum Gasteiger partial charge on any atom is -0.468 e. The first-order valence-electron chi connectivity index (χ1n) is 9.90. The van der Waals surface area contributed by atoms with Gasteiger partial charge in [-0.1, -0.05) is 36.4 Å². The molecule has 0 bridgehead atoms. The highest BCUT2D eigenvalue weighted by Crippen LogP contribution is 2.41. The minimum atomic E-state index is -1.12. The molecular formula is C22H22N4O6. The summed E-state index contributed by atoms with van der Waals surface area (Å²) >= 11 is 0. The lowest BCUT2D eigenvalue weighted by atomic mass is 10.0. The fourth-order valence-electron chi connectivity index (χ4n) is 3.92. The first-order valence-corrected chi connectivity index (χ1v) is 9.90. The van der Waals surface area contributed by atoms with Gasteiger partial charge in [-0.25, -0.2) is 14.4 Å². The van der Waals surface area contributed by atoms with Crippen LogP contribution in [0.1, 0.15) is 20.0 Å². The number of amides is 2. The second-order valence-electron chi connectivity index (χ2n) is 7.81. The lowest BCUT2D eigenvalue weighted by Gasteiger charge is -2.33. The molecule has 2 amide bonds. The predicted molar refractivity (Wildman–Crippen MR) is 115 cm³/mol. The Morgan fingerprint density at radius 3 is 2.09 bits per heavy atom. The molecule has 3 aromatic rings. The maximum absolute atomic E-state index is 13.4. The molecule has 1 aromatic heterocycles. The van der Waals surface area contributed by atoms with E-state index in [9.17, 15) is 19.2 Å². The van der Waals surface area contributed by atoms with Crippen LogP contribution >= 0.6 is 0 Å². The van der Waals surface area contributed by atoms with Crippen molar-refractivity contribution in [2.45, 2.75) is 25.6 Å². The smallest absolute Gasteiger partial charge is 0.447 e. The lowest BCUT2D eigenvalue weighted by Crippen LogP contribution is -2.48. The number of methoxy groups -OCH3 is 1. The molecule has 1 saturated heterocycles. The first kappa shape index (κ1) is 21.2. The zero-order valence-corrected chi connectivity index (χ0v) is 17.8. The highest BCUT2D eigenvalue weighted by Gasteiger charge is 2.55. The predicted octanol–water partition coefficient (Wildman–Crippen LogP) is 1.98. The van der Waals surface area contributed by atoms with Gasteiger partial charge in [0.2, 0.25) is 0 Å². The summed E-state index contributed by atoms with van der Waals surface area (Å²) in [4.78, 5) is 54.0. The molecule has 2 aromatic carbocycles. The number of hydrogen-bond donors (Lipinski definition) is 0. The van der Waals surface area contributed by atoms with Crippen molar-refractivity contribution in [1.82, 2.24) is 14.2 Å². The number of carbonyl (C=O) groups excluding carboxylic acids is 2. The number of nitrogens with zero attached hydrogens (tertiary/aromatic N) is 4. The van der Waals surface area contributed by atoms with Gasteiger partial charge in [0, 0.05) is 5.69 Å². The number of esters is 1. The molecular weight excluding hydrogens is 416 g/mol. The molecule has 1 atom stereocenters. The van der Waals surface area contributed by atoms with Crippen LogP contribution in [-0.2, 0) is 9.53 Å². The SMILES string of the molecule is COC(=O)CN1C(=O)N(c2ccccc2)[C@H](n2oc(=O)n(-c3ccccc3)c2=O)C1(C)C. The Morgan fingerprint density at radius 1 is 0.969 bits per heavy atom. The number of hydrogen-bond acceptors (Lipinski definition) is 6. The number of benzene rings is 2. The molecule has 1 aliphatic heterocycles. The third-order valence-electron chi connectivity index (χ3n) is 5.53. The summed E-state index contributed by atoms with van der Waals surface area (Å²) in [6.07, 6.45) is -1.05. The molecule has 166 valence electrons. The summed E-state index contributed by atoms with van der Waals surface area (Å²) in [5.41, 5.74) is -1.05. The molecule has 2 heterocycles. The standard InChI is InChI=1S/C22H22N4O6/c1-22(2)18(26-20(29)25(21(30)32-26)16-12-8-5-9-13-16)24(15-10-6-4-7-11-15)19(28)23(22)14-17(27)31-3/h4-13,18H,14H2,1-3H3/t18-/m1/s1. The number of ether oxygens (including phenoxy) is 1. The number of para-hydroxylation sites is 2. The zero-order chi connectivity index (χ0) is 23.0. The topological polar surface area (TPSA) is 107 Å². The van der Waals surface area contributed by atoms with Crippen LogP contribution < -0.4 is 16.3 Å². The Kier molecular flexibility index (Phi) is 5.21. The second-order valence-corrected chi connectivity index (χ2v) is 7.81. The van der Waals surface area contributed by atoms with Gasteiger partial charge < -0.3 is 14.2 Å². The van der Waals surface area contributed by atoms with Crippen molar-refractivity contribution >= 4 is 17.7 Å². The van der Waals surface area contributed by atoms with Crippen molar-refractivity contribution in [3.8, 4) is 5.69 Å². The van der Waals surface area contributed by atoms with Gasteiger partial charge >= 0.3 is 23.4 Å². The van der Waals surface area contributed by atoms with E-state index in [2.05, 4.69) is 0 Å². The van der Waals surface area contributed by atoms with E-state index in [1.807, 2.05) is 0 Å². The van der Waals surface area contributed by atoms with Crippen molar-refractivity contribution in [3.05, 3.63) is 81.7 Å². The number of rotatable bonds is 5. The molecule has 0 unspecified atom stereocenters. The van der Waals surface area contributed by atoms with Crippen LogP contribution in [0, 0.1) is 0 Å². The van der Waals surface area contributed by atoms with Crippen LogP contribution in [0.5, 0.6) is 0 Å². The summed E-state index contributed by atoms with van der Waals surface area (Å²) in [5, 5.41) is 0. The Morgan fingerprint density at radius 2 is 1.53 bits per heavy atom. The summed E-state index contributed by atoms with van der Waals surface area (Å²) < 4.78 is 11.9. The van der Waals surface area contributed by atoms with Gasteiger partial charge in [0.25, 0.3) is 0 Å². The van der Waals surface area contributed by atoms with Gasteiger partial charge in [0.05, 0.1) is 18.3 Å². The van der Waals surface area contributed by atoms with Crippen LogP contribution in [0.25, 0.3) is 5.69 Å². The lowest BCUT2D eigenvalue weighted by molar-refractivity contribution is -0.142. The quantitative estimate of drug-likeness (QED) is 0.564. The van der Waals surface area contributed by atoms with E-state index in [0.717, 1.165) is 9.31 Å². The van der Waals surface area contributed by atoms with Crippen molar-refractivity contribution in [2.24, 2.45) is 0 Å². The maximum atomic E-state index is 13.4. The number of carbonyl (C=O) groups is 2. The Balaban J connectivity index is 1.91. The fraction of sp³-hybridized carbons (Fsp3) is 0.273. The van der Waals surface area contributed by atoms with Gasteiger partial charge in [-0.3, -0.25) is 9.69 Å². The van der Waals surface area contributed by atoms with E-state index >= 15 is 0 Å². The number of urea groups is 1. The fourth-order valence-corrected chi connectivity index (χ4v) is 3.92. The largest absolute Gasteiger partial charge is 0.468 e. The summed E-state index contributed by atoms with van der Waals surface area (Å²) in [6, 6.07) is 16.5. The van der Waals surface area contributed by atoms with Gasteiger partial charge in [-0.2, -0.15) is 4.57 Å². The average Bonchev–Trinajstić information content (AvgIpc) is 3.18. The molecule has 32 heavy (non-hydrogen) atoms. The Bertz CT molecular complexity index is 1260. The van der Waals surface area contributed by atoms with E-state index in [1.165, 1.54) is 16.9 Å². The van der Waals surface area contributed by atoms with Gasteiger partial charge in [-0.15, -0.1) is 4.74 Å². The minimum absolute atomic E-state index is 0.333. The molecule has 10 heteroatoms. The van der Waals surface area contributed by atoms with Crippen molar-refractivity contribution < 1.29 is 18.8 Å². The molecule has 10 nitrogen and oxygen atoms in total. The highest BCUT2D eigenvalue weighted by atomic mass is 16.5. The van der Waals surface area contributed by atoms with Crippen LogP contribution in [0.15, 0.2) is 74.8 Å². The van der Waals surface area contributed by atoms with Gasteiger partial charge in [-0.05, 0) is 38.1 Å². The van der Waals surface area contributed by atoms with Crippen molar-refractivity contribution in [1.29, 1.82) is 0 Å². The van der Waals surface area contributed by atoms with Crippen LogP contribution in [0.3, 0.4) is 0 Å². The van der Waals surface area contributed by atoms with Crippen molar-refractivity contribution in [3.63, 3.8) is 0 Å². The Hall–Kier alpha value is -4.08. The molecule has 1 fully saturated rings. The summed E-state index contributed by atoms with van der Waals surface area (Å²) in [7, 11) is 1.23. The van der Waals surface area contributed by atoms with Gasteiger partial charge in [0.15, 0.2) is 6.17 Å². The van der Waals surface area contributed by atoms with E-state index < -0.39 is 35.2 Å². The molecule has 0 N–H and O–H groups in total. The van der Waals surface area contributed by atoms with Crippen LogP contribution in [0.2, 0.25) is 0 Å². The molecule has 0 radical (unpaired) electrons. The second kappa shape index (κ2) is 7.88. The van der Waals surface area contributed by atoms with E-state index in [4.69, 9.17) is 9.26 Å². The summed E-state index contributed by atoms with van der Waals surface area (Å²) in [6.45, 7) is 3.04. The number of anilines is 1. The highest BCUT2D eigenvalue weighted by molar-refractivity contribution is 5.97. The van der Waals surface area contributed by atoms with E-state index in [0.29, 0.717) is 11.4 Å². The van der Waals surface area contributed by atoms with Gasteiger partial charge in [0.1, 0.15) is 6.54 Å². The van der Waals surface area contributed by atoms with Crippen molar-refractivity contribution in [2.75, 3.05) is 18.6 Å². The van der Waals surface area contributed by atoms with Crippen LogP contribution in [-0.4, -0.2) is 45.4 Å². The zero-order valence-electron chi connectivity index (χ0n) is 17.8. The third-order valence-corrected chi connectivity index (χ3v) is 5.53. The molecule has 4 rings (SSSR count). The molecule has 0 saturated carbocycles. The average molecular weight is 438 g/mol. The third kappa shape index (κ3) is 3.29. The Labute approximate surface area is 182 Å². The maximum Gasteiger partial charge on any atom is 0.447 e. The normalized spacial score (nSPS) is 17.6. The monoisotopic (exact) mass is 438 g/mol. The molecule has 0 aliphatic carbocycles.